The van der Waals surface area contributed by atoms with Crippen molar-refractivity contribution in [1.29, 1.82) is 0 Å². The average Bonchev–Trinajstić information content (AvgIpc) is 2.44. The molecule has 0 spiro atoms. The molecule has 0 bridgehead atoms. The van der Waals surface area contributed by atoms with Crippen molar-refractivity contribution >= 4 is 23.6 Å². The molecule has 0 aromatic heterocycles. The predicted molar refractivity (Wildman–Crippen MR) is 81.2 cm³/mol. The maximum Gasteiger partial charge on any atom is 0.305 e. The van der Waals surface area contributed by atoms with E-state index in [1.807, 2.05) is 31.4 Å². The fourth-order valence-corrected chi connectivity index (χ4v) is 2.18. The van der Waals surface area contributed by atoms with Gasteiger partial charge in [0, 0.05) is 23.4 Å². The van der Waals surface area contributed by atoms with Crippen LogP contribution in [-0.4, -0.2) is 31.3 Å². The highest BCUT2D eigenvalue weighted by atomic mass is 32.2. The van der Waals surface area contributed by atoms with Gasteiger partial charge in [0.05, 0.1) is 6.61 Å². The Morgan fingerprint density at radius 1 is 1.35 bits per heavy atom. The number of hydrogen-bond acceptors (Lipinski definition) is 4. The first-order valence-electron chi connectivity index (χ1n) is 6.67. The van der Waals surface area contributed by atoms with Crippen LogP contribution < -0.4 is 5.32 Å². The van der Waals surface area contributed by atoms with Gasteiger partial charge in [-0.25, -0.2) is 0 Å². The fraction of sp³-hybridized carbons (Fsp3) is 0.467. The smallest absolute Gasteiger partial charge is 0.305 e. The molecule has 0 fully saturated rings. The second kappa shape index (κ2) is 8.64. The summed E-state index contributed by atoms with van der Waals surface area (Å²) in [5.41, 5.74) is 1.64. The van der Waals surface area contributed by atoms with E-state index >= 15 is 0 Å². The minimum Gasteiger partial charge on any atom is -0.466 e. The molecule has 0 radical (unpaired) electrons. The largest absolute Gasteiger partial charge is 0.466 e. The summed E-state index contributed by atoms with van der Waals surface area (Å²) in [5, 5.41) is 2.83. The van der Waals surface area contributed by atoms with E-state index in [0.29, 0.717) is 31.6 Å². The van der Waals surface area contributed by atoms with E-state index in [-0.39, 0.29) is 11.9 Å². The minimum absolute atomic E-state index is 0.0951. The first kappa shape index (κ1) is 16.6. The Labute approximate surface area is 124 Å². The van der Waals surface area contributed by atoms with Crippen molar-refractivity contribution in [2.75, 3.05) is 19.4 Å². The summed E-state index contributed by atoms with van der Waals surface area (Å²) >= 11 is 1.61. The van der Waals surface area contributed by atoms with E-state index in [1.165, 1.54) is 0 Å². The Hall–Kier alpha value is -1.49. The van der Waals surface area contributed by atoms with Gasteiger partial charge in [0.25, 0.3) is 5.91 Å². The number of carbonyl (C=O) groups is 2. The zero-order valence-corrected chi connectivity index (χ0v) is 13.0. The molecule has 1 amide bonds. The third kappa shape index (κ3) is 5.25. The number of benzene rings is 1. The standard InChI is InChI=1S/C15H21NO3S/c1-4-19-14(17)6-5-9-16-15(18)13-10-12(20-3)8-7-11(13)2/h7-8,10H,4-6,9H2,1-3H3,(H,16,18). The monoisotopic (exact) mass is 295 g/mol. The lowest BCUT2D eigenvalue weighted by atomic mass is 10.1. The van der Waals surface area contributed by atoms with Crippen molar-refractivity contribution < 1.29 is 14.3 Å². The van der Waals surface area contributed by atoms with Crippen molar-refractivity contribution in [2.24, 2.45) is 0 Å². The quantitative estimate of drug-likeness (QED) is 0.477. The van der Waals surface area contributed by atoms with Crippen LogP contribution in [0.4, 0.5) is 0 Å². The van der Waals surface area contributed by atoms with E-state index in [2.05, 4.69) is 5.32 Å². The van der Waals surface area contributed by atoms with Crippen molar-refractivity contribution in [2.45, 2.75) is 31.6 Å². The van der Waals surface area contributed by atoms with E-state index in [9.17, 15) is 9.59 Å². The Balaban J connectivity index is 2.45. The fourth-order valence-electron chi connectivity index (χ4n) is 1.74. The van der Waals surface area contributed by atoms with Gasteiger partial charge in [-0.05, 0) is 44.2 Å². The molecular weight excluding hydrogens is 274 g/mol. The molecule has 0 saturated heterocycles. The van der Waals surface area contributed by atoms with Gasteiger partial charge in [-0.2, -0.15) is 0 Å². The summed E-state index contributed by atoms with van der Waals surface area (Å²) < 4.78 is 4.83. The maximum atomic E-state index is 12.1. The molecule has 1 rings (SSSR count). The normalized spacial score (nSPS) is 10.2. The van der Waals surface area contributed by atoms with Crippen molar-refractivity contribution in [1.82, 2.24) is 5.32 Å². The highest BCUT2D eigenvalue weighted by Crippen LogP contribution is 2.18. The Morgan fingerprint density at radius 2 is 2.10 bits per heavy atom. The molecule has 0 atom stereocenters. The summed E-state index contributed by atoms with van der Waals surface area (Å²) in [4.78, 5) is 24.3. The van der Waals surface area contributed by atoms with E-state index in [4.69, 9.17) is 4.74 Å². The van der Waals surface area contributed by atoms with Gasteiger partial charge in [0.15, 0.2) is 0 Å². The molecule has 0 unspecified atom stereocenters. The lowest BCUT2D eigenvalue weighted by Gasteiger charge is -2.09. The Morgan fingerprint density at radius 3 is 2.75 bits per heavy atom. The van der Waals surface area contributed by atoms with Crippen molar-refractivity contribution in [3.8, 4) is 0 Å². The molecule has 110 valence electrons. The summed E-state index contributed by atoms with van der Waals surface area (Å²) in [6, 6.07) is 5.83. The van der Waals surface area contributed by atoms with Gasteiger partial charge in [0.2, 0.25) is 0 Å². The molecule has 1 N–H and O–H groups in total. The lowest BCUT2D eigenvalue weighted by molar-refractivity contribution is -0.143. The Kier molecular flexibility index (Phi) is 7.15. The summed E-state index contributed by atoms with van der Waals surface area (Å²) in [7, 11) is 0. The Bertz CT molecular complexity index is 474. The van der Waals surface area contributed by atoms with Crippen LogP contribution in [0.15, 0.2) is 23.1 Å². The molecule has 20 heavy (non-hydrogen) atoms. The van der Waals surface area contributed by atoms with Gasteiger partial charge in [-0.15, -0.1) is 11.8 Å². The van der Waals surface area contributed by atoms with E-state index in [1.54, 1.807) is 18.7 Å². The van der Waals surface area contributed by atoms with Crippen LogP contribution in [0.2, 0.25) is 0 Å². The van der Waals surface area contributed by atoms with Gasteiger partial charge in [0.1, 0.15) is 0 Å². The zero-order chi connectivity index (χ0) is 15.0. The minimum atomic E-state index is -0.220. The lowest BCUT2D eigenvalue weighted by Crippen LogP contribution is -2.25. The second-order valence-corrected chi connectivity index (χ2v) is 5.22. The first-order valence-corrected chi connectivity index (χ1v) is 7.89. The molecule has 0 saturated carbocycles. The number of thioether (sulfide) groups is 1. The van der Waals surface area contributed by atoms with Crippen molar-refractivity contribution in [3.63, 3.8) is 0 Å². The molecule has 0 aliphatic rings. The molecule has 4 nitrogen and oxygen atoms in total. The highest BCUT2D eigenvalue weighted by molar-refractivity contribution is 7.98. The third-order valence-electron chi connectivity index (χ3n) is 2.84. The predicted octanol–water partition coefficient (Wildman–Crippen LogP) is 2.79. The van der Waals surface area contributed by atoms with Crippen LogP contribution in [-0.2, 0) is 9.53 Å². The number of ether oxygens (including phenoxy) is 1. The summed E-state index contributed by atoms with van der Waals surface area (Å²) in [6.45, 7) is 4.56. The van der Waals surface area contributed by atoms with Gasteiger partial charge in [-0.1, -0.05) is 6.07 Å². The number of aryl methyl sites for hydroxylation is 1. The molecule has 0 aliphatic heterocycles. The van der Waals surface area contributed by atoms with Crippen molar-refractivity contribution in [3.05, 3.63) is 29.3 Å². The van der Waals surface area contributed by atoms with E-state index in [0.717, 1.165) is 10.5 Å². The number of esters is 1. The van der Waals surface area contributed by atoms with Crippen LogP contribution in [0, 0.1) is 6.92 Å². The number of nitrogens with one attached hydrogen (secondary N) is 1. The van der Waals surface area contributed by atoms with Gasteiger partial charge < -0.3 is 10.1 Å². The summed E-state index contributed by atoms with van der Waals surface area (Å²) in [6.07, 6.45) is 2.90. The summed E-state index contributed by atoms with van der Waals surface area (Å²) in [5.74, 6) is -0.315. The second-order valence-electron chi connectivity index (χ2n) is 4.35. The molecule has 0 aliphatic carbocycles. The van der Waals surface area contributed by atoms with E-state index < -0.39 is 0 Å². The molecule has 0 heterocycles. The van der Waals surface area contributed by atoms with Crippen LogP contribution in [0.3, 0.4) is 0 Å². The topological polar surface area (TPSA) is 55.4 Å². The molecular formula is C15H21NO3S. The molecule has 5 heteroatoms. The van der Waals surface area contributed by atoms with Crippen LogP contribution >= 0.6 is 11.8 Å². The van der Waals surface area contributed by atoms with Crippen LogP contribution in [0.1, 0.15) is 35.7 Å². The van der Waals surface area contributed by atoms with Gasteiger partial charge >= 0.3 is 5.97 Å². The number of hydrogen-bond donors (Lipinski definition) is 1. The number of rotatable bonds is 7. The zero-order valence-electron chi connectivity index (χ0n) is 12.2. The van der Waals surface area contributed by atoms with Gasteiger partial charge in [-0.3, -0.25) is 9.59 Å². The molecule has 1 aromatic rings. The number of amides is 1. The SMILES string of the molecule is CCOC(=O)CCCNC(=O)c1cc(SC)ccc1C. The van der Waals surface area contributed by atoms with Crippen LogP contribution in [0.5, 0.6) is 0 Å². The number of carbonyl (C=O) groups excluding carboxylic acids is 2. The molecule has 1 aromatic carbocycles. The van der Waals surface area contributed by atoms with Crippen LogP contribution in [0.25, 0.3) is 0 Å². The first-order chi connectivity index (χ1) is 9.58. The highest BCUT2D eigenvalue weighted by Gasteiger charge is 2.09. The maximum absolute atomic E-state index is 12.1. The average molecular weight is 295 g/mol. The third-order valence-corrected chi connectivity index (χ3v) is 3.56.